The summed E-state index contributed by atoms with van der Waals surface area (Å²) in [5.41, 5.74) is 1.10. The summed E-state index contributed by atoms with van der Waals surface area (Å²) in [6.07, 6.45) is 1.69. The van der Waals surface area contributed by atoms with Gasteiger partial charge in [0.1, 0.15) is 12.4 Å². The fourth-order valence-corrected chi connectivity index (χ4v) is 1.55. The maximum Gasteiger partial charge on any atom is 0.314 e. The van der Waals surface area contributed by atoms with Crippen LogP contribution < -0.4 is 15.4 Å². The molecule has 1 aromatic carbocycles. The predicted octanol–water partition coefficient (Wildman–Crippen LogP) is 2.29. The molecule has 0 unspecified atom stereocenters. The van der Waals surface area contributed by atoms with Crippen molar-refractivity contribution in [2.75, 3.05) is 26.4 Å². The van der Waals surface area contributed by atoms with Gasteiger partial charge in [-0.25, -0.2) is 9.18 Å². The van der Waals surface area contributed by atoms with Crippen LogP contribution in [0, 0.1) is 0 Å². The molecule has 0 aliphatic rings. The predicted molar refractivity (Wildman–Crippen MR) is 73.3 cm³/mol. The molecule has 0 bridgehead atoms. The van der Waals surface area contributed by atoms with E-state index in [1.165, 1.54) is 0 Å². The molecule has 0 heterocycles. The van der Waals surface area contributed by atoms with Crippen LogP contribution in [-0.4, -0.2) is 32.4 Å². The molecule has 19 heavy (non-hydrogen) atoms. The quantitative estimate of drug-likeness (QED) is 0.760. The summed E-state index contributed by atoms with van der Waals surface area (Å²) in [7, 11) is 0. The summed E-state index contributed by atoms with van der Waals surface area (Å²) in [6, 6.07) is 7.47. The number of alkyl halides is 1. The van der Waals surface area contributed by atoms with Crippen LogP contribution >= 0.6 is 0 Å². The van der Waals surface area contributed by atoms with Gasteiger partial charge in [0.25, 0.3) is 0 Å². The third kappa shape index (κ3) is 6.64. The van der Waals surface area contributed by atoms with Crippen LogP contribution in [0.1, 0.15) is 18.9 Å². The van der Waals surface area contributed by atoms with E-state index in [1.54, 1.807) is 0 Å². The lowest BCUT2D eigenvalue weighted by Gasteiger charge is -2.08. The second-order valence-electron chi connectivity index (χ2n) is 4.12. The van der Waals surface area contributed by atoms with Crippen molar-refractivity contribution in [3.05, 3.63) is 29.8 Å². The zero-order valence-corrected chi connectivity index (χ0v) is 11.2. The van der Waals surface area contributed by atoms with Crippen molar-refractivity contribution < 1.29 is 13.9 Å². The van der Waals surface area contributed by atoms with Gasteiger partial charge in [0.2, 0.25) is 0 Å². The molecule has 0 aliphatic heterocycles. The molecule has 0 aromatic heterocycles. The van der Waals surface area contributed by atoms with Gasteiger partial charge in [-0.05, 0) is 30.5 Å². The van der Waals surface area contributed by atoms with E-state index in [4.69, 9.17) is 4.74 Å². The van der Waals surface area contributed by atoms with Gasteiger partial charge in [0, 0.05) is 13.1 Å². The Morgan fingerprint density at radius 2 is 2.11 bits per heavy atom. The number of amides is 2. The van der Waals surface area contributed by atoms with Crippen LogP contribution in [0.25, 0.3) is 0 Å². The van der Waals surface area contributed by atoms with E-state index < -0.39 is 6.67 Å². The normalized spacial score (nSPS) is 10.0. The molecule has 4 nitrogen and oxygen atoms in total. The average molecular weight is 268 g/mol. The molecule has 0 radical (unpaired) electrons. The molecule has 0 aliphatic carbocycles. The van der Waals surface area contributed by atoms with Crippen molar-refractivity contribution in [3.63, 3.8) is 0 Å². The minimum absolute atomic E-state index is 0.0478. The maximum atomic E-state index is 11.8. The van der Waals surface area contributed by atoms with Gasteiger partial charge >= 0.3 is 6.03 Å². The highest BCUT2D eigenvalue weighted by molar-refractivity contribution is 5.73. The van der Waals surface area contributed by atoms with Crippen LogP contribution in [0.4, 0.5) is 9.18 Å². The number of nitrogens with one attached hydrogen (secondary N) is 2. The molecule has 2 amide bonds. The Morgan fingerprint density at radius 1 is 1.32 bits per heavy atom. The van der Waals surface area contributed by atoms with Crippen LogP contribution in [0.2, 0.25) is 0 Å². The number of hydrogen-bond acceptors (Lipinski definition) is 2. The molecule has 0 fully saturated rings. The second-order valence-corrected chi connectivity index (χ2v) is 4.12. The molecule has 2 N–H and O–H groups in total. The van der Waals surface area contributed by atoms with E-state index in [9.17, 15) is 9.18 Å². The molecule has 1 aromatic rings. The van der Waals surface area contributed by atoms with Crippen LogP contribution in [0.15, 0.2) is 24.3 Å². The van der Waals surface area contributed by atoms with Crippen molar-refractivity contribution in [2.24, 2.45) is 0 Å². The van der Waals surface area contributed by atoms with E-state index in [0.29, 0.717) is 19.6 Å². The van der Waals surface area contributed by atoms with Gasteiger partial charge < -0.3 is 15.4 Å². The van der Waals surface area contributed by atoms with Gasteiger partial charge in [0.15, 0.2) is 0 Å². The molecule has 0 spiro atoms. The van der Waals surface area contributed by atoms with Gasteiger partial charge in [0.05, 0.1) is 6.61 Å². The molecule has 0 saturated carbocycles. The Balaban J connectivity index is 2.30. The first kappa shape index (κ1) is 15.3. The topological polar surface area (TPSA) is 50.4 Å². The van der Waals surface area contributed by atoms with Crippen molar-refractivity contribution in [2.45, 2.75) is 19.8 Å². The Labute approximate surface area is 113 Å². The van der Waals surface area contributed by atoms with Crippen LogP contribution in [0.5, 0.6) is 5.75 Å². The Hall–Kier alpha value is -1.78. The van der Waals surface area contributed by atoms with Crippen molar-refractivity contribution in [1.82, 2.24) is 10.6 Å². The molecular formula is C14H21FN2O2. The van der Waals surface area contributed by atoms with Crippen molar-refractivity contribution in [1.29, 1.82) is 0 Å². The van der Waals surface area contributed by atoms with E-state index in [2.05, 4.69) is 17.6 Å². The first-order valence-corrected chi connectivity index (χ1v) is 6.55. The summed E-state index contributed by atoms with van der Waals surface area (Å²) in [5, 5.41) is 5.08. The highest BCUT2D eigenvalue weighted by Gasteiger charge is 2.00. The zero-order valence-electron chi connectivity index (χ0n) is 11.2. The fourth-order valence-electron chi connectivity index (χ4n) is 1.55. The number of ether oxygens (including phenoxy) is 1. The maximum absolute atomic E-state index is 11.8. The van der Waals surface area contributed by atoms with Gasteiger partial charge in [-0.15, -0.1) is 0 Å². The zero-order chi connectivity index (χ0) is 13.9. The number of hydrogen-bond donors (Lipinski definition) is 2. The Bertz CT molecular complexity index is 385. The Morgan fingerprint density at radius 3 is 2.84 bits per heavy atom. The standard InChI is InChI=1S/C14H21FN2O2/c1-2-10-19-13-5-3-4-12(11-13)6-8-16-14(18)17-9-7-15/h3-5,11H,2,6-10H2,1H3,(H2,16,17,18). The van der Waals surface area contributed by atoms with E-state index in [1.807, 2.05) is 24.3 Å². The number of rotatable bonds is 8. The van der Waals surface area contributed by atoms with Gasteiger partial charge in [-0.2, -0.15) is 0 Å². The highest BCUT2D eigenvalue weighted by atomic mass is 19.1. The lowest BCUT2D eigenvalue weighted by atomic mass is 10.1. The number of carbonyl (C=O) groups is 1. The number of carbonyl (C=O) groups excluding carboxylic acids is 1. The minimum atomic E-state index is -0.551. The monoisotopic (exact) mass is 268 g/mol. The first-order valence-electron chi connectivity index (χ1n) is 6.55. The molecule has 1 rings (SSSR count). The number of halogens is 1. The Kier molecular flexibility index (Phi) is 7.39. The van der Waals surface area contributed by atoms with E-state index in [-0.39, 0.29) is 12.6 Å². The summed E-state index contributed by atoms with van der Waals surface area (Å²) in [6.45, 7) is 2.77. The summed E-state index contributed by atoms with van der Waals surface area (Å²) in [5.74, 6) is 0.848. The van der Waals surface area contributed by atoms with Crippen molar-refractivity contribution >= 4 is 6.03 Å². The van der Waals surface area contributed by atoms with E-state index in [0.717, 1.165) is 17.7 Å². The number of benzene rings is 1. The minimum Gasteiger partial charge on any atom is -0.494 e. The third-order valence-corrected chi connectivity index (χ3v) is 2.45. The van der Waals surface area contributed by atoms with E-state index >= 15 is 0 Å². The summed E-state index contributed by atoms with van der Waals surface area (Å²) >= 11 is 0. The SMILES string of the molecule is CCCOc1cccc(CCNC(=O)NCCF)c1. The first-order chi connectivity index (χ1) is 9.26. The highest BCUT2D eigenvalue weighted by Crippen LogP contribution is 2.13. The smallest absolute Gasteiger partial charge is 0.314 e. The molecule has 0 saturated heterocycles. The summed E-state index contributed by atoms with van der Waals surface area (Å²) in [4.78, 5) is 11.2. The molecule has 0 atom stereocenters. The molecular weight excluding hydrogens is 247 g/mol. The lowest BCUT2D eigenvalue weighted by molar-refractivity contribution is 0.240. The summed E-state index contributed by atoms with van der Waals surface area (Å²) < 4.78 is 17.4. The van der Waals surface area contributed by atoms with Gasteiger partial charge in [-0.3, -0.25) is 0 Å². The van der Waals surface area contributed by atoms with Crippen LogP contribution in [0.3, 0.4) is 0 Å². The number of urea groups is 1. The van der Waals surface area contributed by atoms with Crippen molar-refractivity contribution in [3.8, 4) is 5.75 Å². The van der Waals surface area contributed by atoms with Gasteiger partial charge in [-0.1, -0.05) is 19.1 Å². The fraction of sp³-hybridized carbons (Fsp3) is 0.500. The third-order valence-electron chi connectivity index (χ3n) is 2.45. The average Bonchev–Trinajstić information content (AvgIpc) is 2.43. The lowest BCUT2D eigenvalue weighted by Crippen LogP contribution is -2.37. The molecule has 5 heteroatoms. The second kappa shape index (κ2) is 9.19. The molecule has 106 valence electrons. The van der Waals surface area contributed by atoms with Crippen LogP contribution in [-0.2, 0) is 6.42 Å². The largest absolute Gasteiger partial charge is 0.494 e.